The number of carboxylic acid groups (broad SMARTS) is 1. The first kappa shape index (κ1) is 92.6. The number of ether oxygens (including phenoxy) is 9. The summed E-state index contributed by atoms with van der Waals surface area (Å²) in [5.41, 5.74) is -0.222. The zero-order valence-electron chi connectivity index (χ0n) is 75.0. The van der Waals surface area contributed by atoms with Crippen molar-refractivity contribution < 1.29 is 86.1 Å². The summed E-state index contributed by atoms with van der Waals surface area (Å²) in [6, 6.07) is 9.45. The quantitative estimate of drug-likeness (QED) is 0.0215. The number of aliphatic carboxylic acids is 1. The standard InChI is InChI=1S/2C47H62ClN5O9S/c1-8-28-19-47(28,44(57)58)20-37(54)36-16-31(21-53(36)43(56)33(46(4,5)6)17-40(55)62-30-14-26-13-27(26)15-30)61-39-18-34(35-24-63-45(51-35)49-25(2)3)50-42-32(39)9-10-38(41(42)48)60-23-29-22-59-12-11-52(29)7;1-8-28-19-47(28,44(57)58-7)20-37(54)36-16-31(21-53(36)43(56)33(46(4,5)6)17-40(55)62-30-14-26-13-27(26)15-30)61-39-18-34(35-24-63-45(52-35)50-25(2)3)51-42-32(39)9-10-38(41(42)48)60-23-29-22-59-12-11-49-29/h9-10,18,24-31,33,36H,8,11-17,19-23H2,1-7H3,(H,49,51)(H,57,58);9-10,18,24-31,33,36,49H,8,11-17,19-23H2,1-7H3,(H,50,52)/t2*26-,27+,28-,29-,30?,31-,33-,36+,47-/m11/s1. The Morgan fingerprint density at radius 1 is 0.587 bits per heavy atom. The van der Waals surface area contributed by atoms with Gasteiger partial charge in [-0.25, -0.2) is 19.9 Å². The Morgan fingerprint density at radius 3 is 1.45 bits per heavy atom. The smallest absolute Gasteiger partial charge is 0.312 e. The number of morpholine rings is 2. The number of likely N-dealkylation sites (tertiary alicyclic amines) is 2. The number of Topliss-reactive ketones (excluding diaryl/α,β-unsaturated/α-hetero) is 2. The fourth-order valence-corrected chi connectivity index (χ4v) is 22.2. The highest BCUT2D eigenvalue weighted by atomic mass is 35.5. The van der Waals surface area contributed by atoms with Crippen LogP contribution in [0.4, 0.5) is 10.3 Å². The fourth-order valence-electron chi connectivity index (χ4n) is 20.0. The van der Waals surface area contributed by atoms with Crippen molar-refractivity contribution in [3.8, 4) is 45.8 Å². The maximum absolute atomic E-state index is 15.0. The average Bonchev–Trinajstić information content (AvgIpc) is 1.59. The number of carbonyl (C=O) groups excluding carboxylic acids is 7. The minimum Gasteiger partial charge on any atom is -0.490 e. The molecule has 6 aromatic rings. The van der Waals surface area contributed by atoms with Crippen molar-refractivity contribution in [2.45, 2.75) is 246 Å². The van der Waals surface area contributed by atoms with Gasteiger partial charge < -0.3 is 73.5 Å². The monoisotopic (exact) mass is 1810 g/mol. The number of anilines is 2. The number of ketones is 2. The number of thiazole rings is 2. The van der Waals surface area contributed by atoms with Crippen LogP contribution < -0.4 is 34.9 Å². The molecule has 28 nitrogen and oxygen atoms in total. The largest absolute Gasteiger partial charge is 0.490 e. The molecule has 4 saturated heterocycles. The molecule has 10 aliphatic rings. The van der Waals surface area contributed by atoms with E-state index in [4.69, 9.17) is 85.8 Å². The number of esters is 3. The Balaban J connectivity index is 0.000000194. The number of fused-ring (bicyclic) bond motifs is 4. The number of hydrogen-bond donors (Lipinski definition) is 4. The van der Waals surface area contributed by atoms with E-state index >= 15 is 0 Å². The van der Waals surface area contributed by atoms with Gasteiger partial charge in [-0.15, -0.1) is 22.7 Å². The van der Waals surface area contributed by atoms with E-state index in [0.29, 0.717) is 160 Å². The molecular weight excluding hydrogens is 1690 g/mol. The second-order valence-electron chi connectivity index (χ2n) is 39.7. The Kier molecular flexibility index (Phi) is 28.0. The van der Waals surface area contributed by atoms with Gasteiger partial charge in [0, 0.05) is 84.5 Å². The first-order valence-corrected chi connectivity index (χ1v) is 47.8. The second kappa shape index (κ2) is 38.1. The maximum atomic E-state index is 15.0. The van der Waals surface area contributed by atoms with Crippen LogP contribution in [0.15, 0.2) is 47.2 Å². The summed E-state index contributed by atoms with van der Waals surface area (Å²) in [4.78, 5) is 137. The molecule has 2 unspecified atom stereocenters. The van der Waals surface area contributed by atoms with E-state index < -0.39 is 81.7 Å². The molecule has 4 N–H and O–H groups in total. The van der Waals surface area contributed by atoms with Gasteiger partial charge in [0.15, 0.2) is 21.8 Å². The molecule has 126 heavy (non-hydrogen) atoms. The molecule has 0 bridgehead atoms. The third-order valence-electron chi connectivity index (χ3n) is 27.7. The van der Waals surface area contributed by atoms with Crippen molar-refractivity contribution in [2.24, 2.45) is 69.0 Å². The van der Waals surface area contributed by atoms with Crippen LogP contribution in [0.3, 0.4) is 0 Å². The lowest BCUT2D eigenvalue weighted by Gasteiger charge is -2.35. The van der Waals surface area contributed by atoms with Gasteiger partial charge in [-0.05, 0) is 157 Å². The summed E-state index contributed by atoms with van der Waals surface area (Å²) >= 11 is 17.2. The van der Waals surface area contributed by atoms with Crippen LogP contribution in [0.5, 0.6) is 23.0 Å². The molecule has 0 radical (unpaired) electrons. The van der Waals surface area contributed by atoms with Crippen LogP contribution >= 0.6 is 45.9 Å². The third-order valence-corrected chi connectivity index (χ3v) is 30.0. The van der Waals surface area contributed by atoms with Gasteiger partial charge in [0.05, 0.1) is 129 Å². The Labute approximate surface area is 755 Å². The summed E-state index contributed by atoms with van der Waals surface area (Å²) < 4.78 is 54.7. The van der Waals surface area contributed by atoms with Crippen LogP contribution in [-0.2, 0) is 62.0 Å². The number of hydrogen-bond acceptors (Lipinski definition) is 27. The van der Waals surface area contributed by atoms with E-state index in [2.05, 4.69) is 20.9 Å². The van der Waals surface area contributed by atoms with E-state index in [1.807, 2.05) is 119 Å². The van der Waals surface area contributed by atoms with Crippen LogP contribution in [0.25, 0.3) is 44.6 Å². The SMILES string of the molecule is CC[C@@H]1C[C@]1(CC(=O)[C@@H]1C[C@@H](Oc2cc(-c3csc(NC(C)C)n3)nc3c(Cl)c(OC[C@H]4COCCN4)ccc23)CN1C(=O)[C@@H](CC(=O)OC1C[C@@H]2C[C@@H]2C1)C(C)(C)C)C(=O)OC.CC[C@@H]1C[C@]1(CC(=O)[C@@H]1C[C@@H](Oc2cc(-c3csc(NC(C)C)n3)nc3c(Cl)c(OC[C@H]4COCCN4C)ccc23)CN1C(=O)[C@@H](CC(=O)OC1C[C@@H]2C[C@@H]2C1)C(C)(C)C)C(=O)O. The lowest BCUT2D eigenvalue weighted by atomic mass is 9.77. The normalized spacial score (nSPS) is 28.3. The molecule has 18 atom stereocenters. The van der Waals surface area contributed by atoms with Crippen molar-refractivity contribution in [1.29, 1.82) is 0 Å². The molecule has 16 rings (SSSR count). The lowest BCUT2D eigenvalue weighted by molar-refractivity contribution is -0.157. The molecule has 4 aromatic heterocycles. The zero-order chi connectivity index (χ0) is 89.8. The van der Waals surface area contributed by atoms with Gasteiger partial charge in [-0.3, -0.25) is 43.3 Å². The number of amides is 2. The average molecular weight is 1820 g/mol. The predicted octanol–water partition coefficient (Wildman–Crippen LogP) is 15.2. The van der Waals surface area contributed by atoms with E-state index in [1.165, 1.54) is 42.6 Å². The number of carboxylic acids is 1. The highest BCUT2D eigenvalue weighted by Gasteiger charge is 2.63. The number of aromatic nitrogens is 4. The second-order valence-corrected chi connectivity index (χ2v) is 42.2. The number of rotatable bonds is 34. The molecule has 6 aliphatic carbocycles. The van der Waals surface area contributed by atoms with Gasteiger partial charge in [-0.1, -0.05) is 91.4 Å². The Hall–Kier alpha value is -8.10. The molecule has 684 valence electrons. The van der Waals surface area contributed by atoms with Gasteiger partial charge in [-0.2, -0.15) is 0 Å². The summed E-state index contributed by atoms with van der Waals surface area (Å²) in [5, 5.41) is 27.5. The van der Waals surface area contributed by atoms with E-state index in [-0.39, 0.29) is 123 Å². The Morgan fingerprint density at radius 2 is 1.04 bits per heavy atom. The van der Waals surface area contributed by atoms with Gasteiger partial charge in [0.1, 0.15) is 82.1 Å². The van der Waals surface area contributed by atoms with E-state index in [1.54, 1.807) is 28.0 Å². The maximum Gasteiger partial charge on any atom is 0.312 e. The van der Waals surface area contributed by atoms with E-state index in [0.717, 1.165) is 55.5 Å². The predicted molar refractivity (Wildman–Crippen MR) is 480 cm³/mol. The number of benzene rings is 2. The van der Waals surface area contributed by atoms with Crippen LogP contribution in [0.1, 0.15) is 186 Å². The van der Waals surface area contributed by atoms with Gasteiger partial charge in [0.2, 0.25) is 11.8 Å². The highest BCUT2D eigenvalue weighted by molar-refractivity contribution is 7.14. The Bertz CT molecular complexity index is 5030. The molecule has 6 saturated carbocycles. The molecular formula is C94H124Cl2N10O18S2. The van der Waals surface area contributed by atoms with Crippen molar-refractivity contribution in [2.75, 3.05) is 90.6 Å². The third kappa shape index (κ3) is 20.8. The first-order chi connectivity index (χ1) is 60.0. The number of halogens is 2. The van der Waals surface area contributed by atoms with E-state index in [9.17, 15) is 43.5 Å². The minimum absolute atomic E-state index is 0.00542. The van der Waals surface area contributed by atoms with Crippen LogP contribution in [-0.4, -0.2) is 228 Å². The number of nitrogens with one attached hydrogen (secondary N) is 3. The summed E-state index contributed by atoms with van der Waals surface area (Å²) in [5.74, 6) is -0.744. The number of pyridine rings is 2. The van der Waals surface area contributed by atoms with Crippen molar-refractivity contribution >= 4 is 125 Å². The number of likely N-dealkylation sites (N-methyl/N-ethyl adjacent to an activating group) is 1. The zero-order valence-corrected chi connectivity index (χ0v) is 78.1. The van der Waals surface area contributed by atoms with Crippen molar-refractivity contribution in [3.05, 3.63) is 57.2 Å². The van der Waals surface area contributed by atoms with Crippen molar-refractivity contribution in [1.82, 2.24) is 40.0 Å². The number of carbonyl (C=O) groups is 8. The molecule has 4 aliphatic heterocycles. The lowest BCUT2D eigenvalue weighted by Crippen LogP contribution is -2.48. The van der Waals surface area contributed by atoms with Crippen molar-refractivity contribution in [3.63, 3.8) is 0 Å². The summed E-state index contributed by atoms with van der Waals surface area (Å²) in [7, 11) is 3.39. The highest BCUT2D eigenvalue weighted by Crippen LogP contribution is 2.60. The number of nitrogens with zero attached hydrogens (tertiary/aromatic N) is 7. The molecule has 2 amide bonds. The fraction of sp³-hybridized carbons (Fsp3) is 0.660. The molecule has 0 spiro atoms. The van der Waals surface area contributed by atoms with Gasteiger partial charge >= 0.3 is 23.9 Å². The topological polar surface area (TPSA) is 337 Å². The molecule has 8 heterocycles. The van der Waals surface area contributed by atoms with Crippen LogP contribution in [0.2, 0.25) is 10.0 Å². The molecule has 32 heteroatoms. The first-order valence-electron chi connectivity index (χ1n) is 45.3. The molecule has 10 fully saturated rings. The van der Waals surface area contributed by atoms with Gasteiger partial charge in [0.25, 0.3) is 0 Å². The minimum atomic E-state index is -1.16. The summed E-state index contributed by atoms with van der Waals surface area (Å²) in [6.45, 7) is 28.4. The number of methoxy groups -OCH3 is 1. The van der Waals surface area contributed by atoms with Crippen LogP contribution in [0, 0.1) is 69.0 Å². The summed E-state index contributed by atoms with van der Waals surface area (Å²) in [6.07, 6.45) is 6.52. The molecule has 2 aromatic carbocycles.